The highest BCUT2D eigenvalue weighted by Gasteiger charge is 2.22. The Bertz CT molecular complexity index is 136. The molecule has 72 valence electrons. The summed E-state index contributed by atoms with van der Waals surface area (Å²) in [5.74, 6) is 0.196. The van der Waals surface area contributed by atoms with Crippen LogP contribution in [0.3, 0.4) is 0 Å². The van der Waals surface area contributed by atoms with E-state index in [9.17, 15) is 4.79 Å². The monoisotopic (exact) mass is 173 g/mol. The molecule has 1 rings (SSSR count). The van der Waals surface area contributed by atoms with Crippen molar-refractivity contribution in [2.45, 2.75) is 26.8 Å². The van der Waals surface area contributed by atoms with Crippen molar-refractivity contribution in [1.29, 1.82) is 0 Å². The molecule has 0 radical (unpaired) electrons. The van der Waals surface area contributed by atoms with Crippen LogP contribution in [0.4, 0.5) is 0 Å². The van der Waals surface area contributed by atoms with E-state index in [1.807, 2.05) is 25.8 Å². The Morgan fingerprint density at radius 2 is 2.08 bits per heavy atom. The third kappa shape index (κ3) is 3.32. The number of ether oxygens (including phenoxy) is 1. The summed E-state index contributed by atoms with van der Waals surface area (Å²) in [7, 11) is 1.95. The van der Waals surface area contributed by atoms with Gasteiger partial charge in [0.15, 0.2) is 0 Å². The van der Waals surface area contributed by atoms with Crippen molar-refractivity contribution < 1.29 is 9.53 Å². The molecule has 1 heterocycles. The quantitative estimate of drug-likeness (QED) is 0.591. The highest BCUT2D eigenvalue weighted by atomic mass is 16.5. The van der Waals surface area contributed by atoms with Gasteiger partial charge in [-0.15, -0.1) is 0 Å². The minimum Gasteiger partial charge on any atom is -0.378 e. The molecule has 3 heteroatoms. The second-order valence-corrected chi connectivity index (χ2v) is 2.68. The van der Waals surface area contributed by atoms with Gasteiger partial charge in [-0.25, -0.2) is 0 Å². The lowest BCUT2D eigenvalue weighted by Gasteiger charge is -2.30. The first kappa shape index (κ1) is 11.6. The third-order valence-electron chi connectivity index (χ3n) is 1.87. The fourth-order valence-corrected chi connectivity index (χ4v) is 1.11. The molecule has 0 bridgehead atoms. The van der Waals surface area contributed by atoms with Crippen molar-refractivity contribution in [3.63, 3.8) is 0 Å². The Kier molecular flexibility index (Phi) is 5.93. The molecule has 1 unspecified atom stereocenters. The number of morpholine rings is 1. The van der Waals surface area contributed by atoms with Crippen LogP contribution in [0.5, 0.6) is 0 Å². The highest BCUT2D eigenvalue weighted by Crippen LogP contribution is 2.03. The largest absolute Gasteiger partial charge is 0.378 e. The SMILES string of the molecule is CC.CC(=O)C1COCCN1C. The molecule has 0 aromatic carbocycles. The Balaban J connectivity index is 0.000000561. The smallest absolute Gasteiger partial charge is 0.149 e. The molecule has 1 aliphatic rings. The van der Waals surface area contributed by atoms with Crippen LogP contribution in [0, 0.1) is 0 Å². The first-order valence-electron chi connectivity index (χ1n) is 4.50. The van der Waals surface area contributed by atoms with Gasteiger partial charge in [0.1, 0.15) is 5.78 Å². The molecule has 0 N–H and O–H groups in total. The van der Waals surface area contributed by atoms with E-state index in [4.69, 9.17) is 4.74 Å². The number of likely N-dealkylation sites (N-methyl/N-ethyl adjacent to an activating group) is 1. The summed E-state index contributed by atoms with van der Waals surface area (Å²) in [5, 5.41) is 0. The molecule has 0 aliphatic carbocycles. The zero-order chi connectivity index (χ0) is 9.56. The van der Waals surface area contributed by atoms with Gasteiger partial charge < -0.3 is 4.74 Å². The maximum absolute atomic E-state index is 10.9. The van der Waals surface area contributed by atoms with Crippen LogP contribution >= 0.6 is 0 Å². The van der Waals surface area contributed by atoms with Gasteiger partial charge in [0.25, 0.3) is 0 Å². The van der Waals surface area contributed by atoms with E-state index in [0.717, 1.165) is 13.2 Å². The van der Waals surface area contributed by atoms with Crippen LogP contribution in [0.25, 0.3) is 0 Å². The number of rotatable bonds is 1. The second kappa shape index (κ2) is 6.14. The Hall–Kier alpha value is -0.410. The number of nitrogens with zero attached hydrogens (tertiary/aromatic N) is 1. The average molecular weight is 173 g/mol. The lowest BCUT2D eigenvalue weighted by Crippen LogP contribution is -2.46. The number of hydrogen-bond donors (Lipinski definition) is 0. The molecule has 1 saturated heterocycles. The molecule has 1 atom stereocenters. The van der Waals surface area contributed by atoms with Gasteiger partial charge in [-0.05, 0) is 14.0 Å². The summed E-state index contributed by atoms with van der Waals surface area (Å²) >= 11 is 0. The molecule has 1 aliphatic heterocycles. The summed E-state index contributed by atoms with van der Waals surface area (Å²) in [5.41, 5.74) is 0. The van der Waals surface area contributed by atoms with E-state index in [2.05, 4.69) is 0 Å². The van der Waals surface area contributed by atoms with Crippen molar-refractivity contribution in [3.8, 4) is 0 Å². The van der Waals surface area contributed by atoms with Crippen LogP contribution < -0.4 is 0 Å². The average Bonchev–Trinajstić information content (AvgIpc) is 2.08. The molecule has 0 amide bonds. The van der Waals surface area contributed by atoms with Crippen molar-refractivity contribution in [2.24, 2.45) is 0 Å². The van der Waals surface area contributed by atoms with E-state index >= 15 is 0 Å². The molecule has 0 aromatic heterocycles. The molecular weight excluding hydrogens is 154 g/mol. The van der Waals surface area contributed by atoms with Gasteiger partial charge in [-0.2, -0.15) is 0 Å². The zero-order valence-electron chi connectivity index (χ0n) is 8.46. The van der Waals surface area contributed by atoms with E-state index < -0.39 is 0 Å². The minimum atomic E-state index is -0.00579. The van der Waals surface area contributed by atoms with Gasteiger partial charge >= 0.3 is 0 Å². The maximum Gasteiger partial charge on any atom is 0.149 e. The van der Waals surface area contributed by atoms with Gasteiger partial charge in [0.05, 0.1) is 19.3 Å². The Morgan fingerprint density at radius 3 is 2.42 bits per heavy atom. The van der Waals surface area contributed by atoms with Crippen LogP contribution in [-0.2, 0) is 9.53 Å². The van der Waals surface area contributed by atoms with Gasteiger partial charge in [-0.3, -0.25) is 9.69 Å². The molecule has 0 saturated carbocycles. The van der Waals surface area contributed by atoms with Crippen molar-refractivity contribution >= 4 is 5.78 Å². The van der Waals surface area contributed by atoms with Crippen LogP contribution in [0.2, 0.25) is 0 Å². The molecule has 1 fully saturated rings. The molecule has 0 aromatic rings. The van der Waals surface area contributed by atoms with Crippen LogP contribution in [-0.4, -0.2) is 43.5 Å². The number of carbonyl (C=O) groups is 1. The normalized spacial score (nSPS) is 24.2. The minimum absolute atomic E-state index is 0.00579. The van der Waals surface area contributed by atoms with E-state index in [0.29, 0.717) is 6.61 Å². The molecule has 0 spiro atoms. The summed E-state index contributed by atoms with van der Waals surface area (Å²) in [4.78, 5) is 12.9. The van der Waals surface area contributed by atoms with Crippen molar-refractivity contribution in [2.75, 3.05) is 26.8 Å². The van der Waals surface area contributed by atoms with Crippen molar-refractivity contribution in [1.82, 2.24) is 4.90 Å². The standard InChI is InChI=1S/C7H13NO2.C2H6/c1-6(9)7-5-10-4-3-8(7)2;1-2/h7H,3-5H2,1-2H3;1-2H3. The zero-order valence-corrected chi connectivity index (χ0v) is 8.46. The predicted octanol–water partition coefficient (Wildman–Crippen LogP) is 0.932. The van der Waals surface area contributed by atoms with Crippen LogP contribution in [0.15, 0.2) is 0 Å². The maximum atomic E-state index is 10.9. The number of Topliss-reactive ketones (excluding diaryl/α,β-unsaturated/α-hetero) is 1. The predicted molar refractivity (Wildman–Crippen MR) is 49.3 cm³/mol. The van der Waals surface area contributed by atoms with Gasteiger partial charge in [0, 0.05) is 6.54 Å². The van der Waals surface area contributed by atoms with Crippen molar-refractivity contribution in [3.05, 3.63) is 0 Å². The summed E-state index contributed by atoms with van der Waals surface area (Å²) in [6, 6.07) is -0.00579. The topological polar surface area (TPSA) is 29.5 Å². The lowest BCUT2D eigenvalue weighted by molar-refractivity contribution is -0.126. The summed E-state index contributed by atoms with van der Waals surface area (Å²) in [6.45, 7) is 7.78. The second-order valence-electron chi connectivity index (χ2n) is 2.68. The van der Waals surface area contributed by atoms with E-state index in [1.54, 1.807) is 6.92 Å². The first-order valence-corrected chi connectivity index (χ1v) is 4.50. The van der Waals surface area contributed by atoms with Gasteiger partial charge in [-0.1, -0.05) is 13.8 Å². The Labute approximate surface area is 74.7 Å². The number of hydrogen-bond acceptors (Lipinski definition) is 3. The highest BCUT2D eigenvalue weighted by molar-refractivity contribution is 5.81. The fraction of sp³-hybridized carbons (Fsp3) is 0.889. The summed E-state index contributed by atoms with van der Waals surface area (Å²) in [6.07, 6.45) is 0. The van der Waals surface area contributed by atoms with Gasteiger partial charge in [0.2, 0.25) is 0 Å². The van der Waals surface area contributed by atoms with Crippen LogP contribution in [0.1, 0.15) is 20.8 Å². The van der Waals surface area contributed by atoms with E-state index in [-0.39, 0.29) is 11.8 Å². The Morgan fingerprint density at radius 1 is 1.50 bits per heavy atom. The summed E-state index contributed by atoms with van der Waals surface area (Å²) < 4.78 is 5.15. The number of carbonyl (C=O) groups excluding carboxylic acids is 1. The lowest BCUT2D eigenvalue weighted by atomic mass is 10.2. The molecule has 12 heavy (non-hydrogen) atoms. The molecular formula is C9H19NO2. The van der Waals surface area contributed by atoms with E-state index in [1.165, 1.54) is 0 Å². The fourth-order valence-electron chi connectivity index (χ4n) is 1.11. The first-order chi connectivity index (χ1) is 5.72. The molecule has 3 nitrogen and oxygen atoms in total. The third-order valence-corrected chi connectivity index (χ3v) is 1.87. The number of ketones is 1.